The third kappa shape index (κ3) is 4.57. The highest BCUT2D eigenvalue weighted by atomic mass is 16.4. The first-order chi connectivity index (χ1) is 10.1. The molecule has 7 nitrogen and oxygen atoms in total. The van der Waals surface area contributed by atoms with E-state index in [2.05, 4.69) is 0 Å². The maximum Gasteiger partial charge on any atom is 0.320 e. The van der Waals surface area contributed by atoms with Gasteiger partial charge in [0.25, 0.3) is 0 Å². The van der Waals surface area contributed by atoms with Gasteiger partial charge in [-0.3, -0.25) is 9.69 Å². The number of urea groups is 1. The van der Waals surface area contributed by atoms with E-state index in [1.54, 1.807) is 0 Å². The topological polar surface area (TPSA) is 84.3 Å². The van der Waals surface area contributed by atoms with Gasteiger partial charge in [-0.2, -0.15) is 0 Å². The zero-order chi connectivity index (χ0) is 15.2. The third-order valence-corrected chi connectivity index (χ3v) is 4.36. The number of hydrogen-bond donors (Lipinski definition) is 2. The largest absolute Gasteiger partial charge is 0.480 e. The average molecular weight is 299 g/mol. The summed E-state index contributed by atoms with van der Waals surface area (Å²) in [7, 11) is 0. The molecule has 0 unspecified atom stereocenters. The van der Waals surface area contributed by atoms with Crippen LogP contribution in [0.25, 0.3) is 0 Å². The molecule has 0 radical (unpaired) electrons. The minimum absolute atomic E-state index is 0.0456. The van der Waals surface area contributed by atoms with Gasteiger partial charge in [0, 0.05) is 45.9 Å². The zero-order valence-corrected chi connectivity index (χ0v) is 12.4. The molecular weight excluding hydrogens is 274 g/mol. The van der Waals surface area contributed by atoms with Gasteiger partial charge in [0.2, 0.25) is 0 Å². The summed E-state index contributed by atoms with van der Waals surface area (Å²) in [6.07, 6.45) is 2.54. The standard InChI is InChI=1S/C14H25N3O4/c18-11-12-2-6-17(7-3-12)14(21)16-5-1-4-15(8-9-16)10-13(19)20/h12,18H,1-11H2,(H,19,20). The Morgan fingerprint density at radius 2 is 1.62 bits per heavy atom. The predicted octanol–water partition coefficient (Wildman–Crippen LogP) is -0.0970. The number of likely N-dealkylation sites (tertiary alicyclic amines) is 1. The van der Waals surface area contributed by atoms with Crippen molar-refractivity contribution in [1.29, 1.82) is 0 Å². The summed E-state index contributed by atoms with van der Waals surface area (Å²) >= 11 is 0. The first-order valence-electron chi connectivity index (χ1n) is 7.69. The van der Waals surface area contributed by atoms with E-state index in [-0.39, 0.29) is 19.2 Å². The number of carboxylic acids is 1. The Labute approximate surface area is 125 Å². The molecule has 2 amide bonds. The van der Waals surface area contributed by atoms with Crippen molar-refractivity contribution in [3.05, 3.63) is 0 Å². The average Bonchev–Trinajstić information content (AvgIpc) is 2.71. The highest BCUT2D eigenvalue weighted by molar-refractivity contribution is 5.74. The van der Waals surface area contributed by atoms with Crippen LogP contribution < -0.4 is 0 Å². The Morgan fingerprint density at radius 3 is 2.24 bits per heavy atom. The zero-order valence-electron chi connectivity index (χ0n) is 12.4. The molecule has 2 heterocycles. The van der Waals surface area contributed by atoms with Crippen LogP contribution in [0.5, 0.6) is 0 Å². The fourth-order valence-electron chi connectivity index (χ4n) is 3.02. The van der Waals surface area contributed by atoms with E-state index < -0.39 is 5.97 Å². The summed E-state index contributed by atoms with van der Waals surface area (Å²) in [6, 6.07) is 0.0589. The van der Waals surface area contributed by atoms with Gasteiger partial charge >= 0.3 is 12.0 Å². The predicted molar refractivity (Wildman–Crippen MR) is 77.0 cm³/mol. The molecule has 2 N–H and O–H groups in total. The van der Waals surface area contributed by atoms with Crippen molar-refractivity contribution >= 4 is 12.0 Å². The lowest BCUT2D eigenvalue weighted by Gasteiger charge is -2.35. The maximum absolute atomic E-state index is 12.5. The molecule has 0 atom stereocenters. The summed E-state index contributed by atoms with van der Waals surface area (Å²) in [5, 5.41) is 18.0. The molecule has 0 saturated carbocycles. The van der Waals surface area contributed by atoms with Crippen LogP contribution >= 0.6 is 0 Å². The van der Waals surface area contributed by atoms with Gasteiger partial charge in [0.05, 0.1) is 6.54 Å². The minimum Gasteiger partial charge on any atom is -0.480 e. The molecule has 120 valence electrons. The SMILES string of the molecule is O=C(O)CN1CCCN(C(=O)N2CCC(CO)CC2)CC1. The second kappa shape index (κ2) is 7.61. The van der Waals surface area contributed by atoms with Crippen LogP contribution in [0, 0.1) is 5.92 Å². The van der Waals surface area contributed by atoms with Crippen LogP contribution in [0.4, 0.5) is 4.79 Å². The highest BCUT2D eigenvalue weighted by Gasteiger charge is 2.27. The monoisotopic (exact) mass is 299 g/mol. The van der Waals surface area contributed by atoms with Crippen LogP contribution in [0.15, 0.2) is 0 Å². The molecular formula is C14H25N3O4. The Hall–Kier alpha value is -1.34. The van der Waals surface area contributed by atoms with E-state index in [1.807, 2.05) is 14.7 Å². The fourth-order valence-corrected chi connectivity index (χ4v) is 3.02. The normalized spacial score (nSPS) is 22.1. The van der Waals surface area contributed by atoms with Crippen molar-refractivity contribution in [3.63, 3.8) is 0 Å². The number of carboxylic acid groups (broad SMARTS) is 1. The summed E-state index contributed by atoms with van der Waals surface area (Å²) in [5.41, 5.74) is 0. The lowest BCUT2D eigenvalue weighted by atomic mass is 9.98. The number of hydrogen-bond acceptors (Lipinski definition) is 4. The maximum atomic E-state index is 12.5. The number of rotatable bonds is 3. The molecule has 0 aromatic carbocycles. The van der Waals surface area contributed by atoms with Crippen LogP contribution in [-0.4, -0.2) is 89.3 Å². The number of carbonyl (C=O) groups is 2. The molecule has 0 aliphatic carbocycles. The molecule has 21 heavy (non-hydrogen) atoms. The van der Waals surface area contributed by atoms with Crippen LogP contribution in [0.1, 0.15) is 19.3 Å². The number of aliphatic hydroxyl groups is 1. The number of amides is 2. The first kappa shape index (κ1) is 16.0. The second-order valence-electron chi connectivity index (χ2n) is 5.91. The lowest BCUT2D eigenvalue weighted by Crippen LogP contribution is -2.48. The Bertz CT molecular complexity index is 369. The molecule has 0 aromatic rings. The van der Waals surface area contributed by atoms with Gasteiger partial charge in [0.1, 0.15) is 0 Å². The molecule has 0 aromatic heterocycles. The van der Waals surface area contributed by atoms with Crippen molar-refractivity contribution in [3.8, 4) is 0 Å². The lowest BCUT2D eigenvalue weighted by molar-refractivity contribution is -0.138. The third-order valence-electron chi connectivity index (χ3n) is 4.36. The van der Waals surface area contributed by atoms with E-state index in [1.165, 1.54) is 0 Å². The Kier molecular flexibility index (Phi) is 5.81. The number of aliphatic hydroxyl groups excluding tert-OH is 1. The highest BCUT2D eigenvalue weighted by Crippen LogP contribution is 2.18. The van der Waals surface area contributed by atoms with Gasteiger partial charge in [-0.1, -0.05) is 0 Å². The Morgan fingerprint density at radius 1 is 0.952 bits per heavy atom. The van der Waals surface area contributed by atoms with Crippen LogP contribution in [0.3, 0.4) is 0 Å². The Balaban J connectivity index is 1.81. The van der Waals surface area contributed by atoms with E-state index in [0.29, 0.717) is 38.6 Å². The molecule has 2 rings (SSSR count). The first-order valence-corrected chi connectivity index (χ1v) is 7.69. The van der Waals surface area contributed by atoms with E-state index in [9.17, 15) is 9.59 Å². The van der Waals surface area contributed by atoms with E-state index in [0.717, 1.165) is 25.8 Å². The number of aliphatic carboxylic acids is 1. The molecule has 0 spiro atoms. The minimum atomic E-state index is -0.819. The fraction of sp³-hybridized carbons (Fsp3) is 0.857. The van der Waals surface area contributed by atoms with E-state index >= 15 is 0 Å². The summed E-state index contributed by atoms with van der Waals surface area (Å²) in [6.45, 7) is 4.29. The number of nitrogens with zero attached hydrogens (tertiary/aromatic N) is 3. The van der Waals surface area contributed by atoms with Crippen molar-refractivity contribution in [2.75, 3.05) is 52.4 Å². The molecule has 2 fully saturated rings. The summed E-state index contributed by atoms with van der Waals surface area (Å²) < 4.78 is 0. The van der Waals surface area contributed by atoms with Gasteiger partial charge in [-0.25, -0.2) is 4.79 Å². The van der Waals surface area contributed by atoms with Crippen LogP contribution in [0.2, 0.25) is 0 Å². The smallest absolute Gasteiger partial charge is 0.320 e. The molecule has 2 saturated heterocycles. The second-order valence-corrected chi connectivity index (χ2v) is 5.91. The summed E-state index contributed by atoms with van der Waals surface area (Å²) in [5.74, 6) is -0.495. The summed E-state index contributed by atoms with van der Waals surface area (Å²) in [4.78, 5) is 28.8. The molecule has 2 aliphatic heterocycles. The van der Waals surface area contributed by atoms with Crippen molar-refractivity contribution in [1.82, 2.24) is 14.7 Å². The van der Waals surface area contributed by atoms with E-state index in [4.69, 9.17) is 10.2 Å². The van der Waals surface area contributed by atoms with Gasteiger partial charge in [-0.15, -0.1) is 0 Å². The number of piperidine rings is 1. The van der Waals surface area contributed by atoms with Crippen molar-refractivity contribution in [2.45, 2.75) is 19.3 Å². The molecule has 7 heteroatoms. The van der Waals surface area contributed by atoms with Gasteiger partial charge in [0.15, 0.2) is 0 Å². The quantitative estimate of drug-likeness (QED) is 0.760. The van der Waals surface area contributed by atoms with Crippen molar-refractivity contribution in [2.24, 2.45) is 5.92 Å². The molecule has 2 aliphatic rings. The molecule has 0 bridgehead atoms. The van der Waals surface area contributed by atoms with Crippen LogP contribution in [-0.2, 0) is 4.79 Å². The van der Waals surface area contributed by atoms with Gasteiger partial charge < -0.3 is 20.0 Å². The van der Waals surface area contributed by atoms with Crippen molar-refractivity contribution < 1.29 is 19.8 Å². The van der Waals surface area contributed by atoms with Gasteiger partial charge in [-0.05, 0) is 25.2 Å². The number of carbonyl (C=O) groups excluding carboxylic acids is 1.